The Balaban J connectivity index is 1.37. The van der Waals surface area contributed by atoms with E-state index in [2.05, 4.69) is 44.6 Å². The fraction of sp³-hybridized carbons (Fsp3) is 0.190. The average Bonchev–Trinajstić information content (AvgIpc) is 3.46. The molecule has 0 radical (unpaired) electrons. The minimum atomic E-state index is 0.484. The maximum atomic E-state index is 6.25. The highest BCUT2D eigenvalue weighted by Crippen LogP contribution is 2.42. The second-order valence-electron chi connectivity index (χ2n) is 6.84. The molecule has 0 unspecified atom stereocenters. The van der Waals surface area contributed by atoms with Gasteiger partial charge in [0.1, 0.15) is 11.0 Å². The van der Waals surface area contributed by atoms with E-state index in [1.807, 2.05) is 41.2 Å². The number of fused-ring (bicyclic) bond motifs is 1. The number of benzene rings is 1. The summed E-state index contributed by atoms with van der Waals surface area (Å²) in [7, 11) is 0. The van der Waals surface area contributed by atoms with E-state index in [4.69, 9.17) is 11.6 Å². The van der Waals surface area contributed by atoms with Crippen molar-refractivity contribution in [3.05, 3.63) is 77.2 Å². The van der Waals surface area contributed by atoms with Crippen molar-refractivity contribution >= 4 is 23.1 Å². The standard InChI is InChI=1S/C21H18ClN5/c22-19-11-20(27-21(26-19)17(13-25-27)15-8-9-15)24-12-14-4-6-16(7-5-14)18-3-1-2-10-23-18/h1-7,10-11,13,15,24H,8-9,12H2. The van der Waals surface area contributed by atoms with Crippen molar-refractivity contribution in [2.75, 3.05) is 5.32 Å². The van der Waals surface area contributed by atoms with Gasteiger partial charge in [0.25, 0.3) is 0 Å². The molecule has 1 fully saturated rings. The topological polar surface area (TPSA) is 55.1 Å². The molecule has 0 spiro atoms. The van der Waals surface area contributed by atoms with E-state index < -0.39 is 0 Å². The van der Waals surface area contributed by atoms with E-state index in [1.54, 1.807) is 0 Å². The molecule has 0 aliphatic heterocycles. The Hall–Kier alpha value is -2.92. The van der Waals surface area contributed by atoms with Crippen molar-refractivity contribution in [3.8, 4) is 11.3 Å². The Bertz CT molecular complexity index is 1080. The Morgan fingerprint density at radius 1 is 1.11 bits per heavy atom. The zero-order valence-corrected chi connectivity index (χ0v) is 15.4. The van der Waals surface area contributed by atoms with Crippen LogP contribution in [0, 0.1) is 0 Å². The van der Waals surface area contributed by atoms with Crippen molar-refractivity contribution in [1.82, 2.24) is 19.6 Å². The van der Waals surface area contributed by atoms with E-state index in [1.165, 1.54) is 24.0 Å². The number of nitrogens with one attached hydrogen (secondary N) is 1. The van der Waals surface area contributed by atoms with Crippen LogP contribution in [0.1, 0.15) is 29.9 Å². The largest absolute Gasteiger partial charge is 0.366 e. The van der Waals surface area contributed by atoms with Crippen molar-refractivity contribution in [2.24, 2.45) is 0 Å². The third kappa shape index (κ3) is 3.26. The highest BCUT2D eigenvalue weighted by molar-refractivity contribution is 6.29. The summed E-state index contributed by atoms with van der Waals surface area (Å²) in [5.41, 5.74) is 5.31. The van der Waals surface area contributed by atoms with Crippen LogP contribution in [-0.2, 0) is 6.54 Å². The number of anilines is 1. The number of hydrogen-bond acceptors (Lipinski definition) is 4. The molecule has 1 aliphatic rings. The van der Waals surface area contributed by atoms with Crippen LogP contribution in [0.3, 0.4) is 0 Å². The van der Waals surface area contributed by atoms with E-state index in [9.17, 15) is 0 Å². The van der Waals surface area contributed by atoms with Gasteiger partial charge in [0.2, 0.25) is 0 Å². The number of rotatable bonds is 5. The van der Waals surface area contributed by atoms with Crippen LogP contribution in [0.25, 0.3) is 16.9 Å². The number of nitrogens with zero attached hydrogens (tertiary/aromatic N) is 4. The molecule has 3 aromatic heterocycles. The fourth-order valence-electron chi connectivity index (χ4n) is 3.28. The lowest BCUT2D eigenvalue weighted by molar-refractivity contribution is 0.925. The van der Waals surface area contributed by atoms with E-state index >= 15 is 0 Å². The summed E-state index contributed by atoms with van der Waals surface area (Å²) in [4.78, 5) is 8.87. The highest BCUT2D eigenvalue weighted by Gasteiger charge is 2.28. The molecule has 5 nitrogen and oxygen atoms in total. The number of halogens is 1. The van der Waals surface area contributed by atoms with Gasteiger partial charge in [-0.3, -0.25) is 4.98 Å². The Labute approximate surface area is 162 Å². The smallest absolute Gasteiger partial charge is 0.162 e. The minimum Gasteiger partial charge on any atom is -0.366 e. The third-order valence-corrected chi connectivity index (χ3v) is 5.07. The molecule has 1 aromatic carbocycles. The molecule has 0 atom stereocenters. The molecule has 1 aliphatic carbocycles. The van der Waals surface area contributed by atoms with Gasteiger partial charge in [-0.05, 0) is 36.5 Å². The van der Waals surface area contributed by atoms with Crippen LogP contribution in [0.5, 0.6) is 0 Å². The normalized spacial score (nSPS) is 13.8. The lowest BCUT2D eigenvalue weighted by atomic mass is 10.1. The van der Waals surface area contributed by atoms with Gasteiger partial charge in [-0.1, -0.05) is 41.9 Å². The van der Waals surface area contributed by atoms with E-state index in [-0.39, 0.29) is 0 Å². The first kappa shape index (κ1) is 16.3. The van der Waals surface area contributed by atoms with Crippen LogP contribution in [0.2, 0.25) is 5.15 Å². The molecule has 0 saturated heterocycles. The zero-order chi connectivity index (χ0) is 18.2. The second kappa shape index (κ2) is 6.67. The van der Waals surface area contributed by atoms with Gasteiger partial charge in [0, 0.05) is 29.9 Å². The van der Waals surface area contributed by atoms with Gasteiger partial charge >= 0.3 is 0 Å². The Kier molecular flexibility index (Phi) is 4.02. The maximum Gasteiger partial charge on any atom is 0.162 e. The SMILES string of the molecule is Clc1cc(NCc2ccc(-c3ccccn3)cc2)n2ncc(C3CC3)c2n1. The quantitative estimate of drug-likeness (QED) is 0.502. The van der Waals surface area contributed by atoms with Gasteiger partial charge < -0.3 is 5.32 Å². The molecule has 0 bridgehead atoms. The monoisotopic (exact) mass is 375 g/mol. The fourth-order valence-corrected chi connectivity index (χ4v) is 3.46. The summed E-state index contributed by atoms with van der Waals surface area (Å²) in [5.74, 6) is 1.44. The first-order valence-electron chi connectivity index (χ1n) is 9.06. The molecule has 134 valence electrons. The second-order valence-corrected chi connectivity index (χ2v) is 7.23. The van der Waals surface area contributed by atoms with Crippen molar-refractivity contribution in [3.63, 3.8) is 0 Å². The number of pyridine rings is 1. The molecule has 6 heteroatoms. The molecular formula is C21H18ClN5. The van der Waals surface area contributed by atoms with E-state index in [0.717, 1.165) is 22.7 Å². The summed E-state index contributed by atoms with van der Waals surface area (Å²) in [5, 5.41) is 8.43. The predicted octanol–water partition coefficient (Wildman–Crippen LogP) is 4.93. The summed E-state index contributed by atoms with van der Waals surface area (Å²) in [6.45, 7) is 0.677. The van der Waals surface area contributed by atoms with Crippen LogP contribution in [0.4, 0.5) is 5.82 Å². The Morgan fingerprint density at radius 3 is 2.70 bits per heavy atom. The summed E-state index contributed by atoms with van der Waals surface area (Å²) in [6, 6.07) is 16.1. The summed E-state index contributed by atoms with van der Waals surface area (Å²) >= 11 is 6.25. The average molecular weight is 376 g/mol. The lowest BCUT2D eigenvalue weighted by Gasteiger charge is -2.10. The molecule has 0 amide bonds. The first-order chi connectivity index (χ1) is 13.3. The minimum absolute atomic E-state index is 0.484. The highest BCUT2D eigenvalue weighted by atomic mass is 35.5. The Morgan fingerprint density at radius 2 is 1.96 bits per heavy atom. The van der Waals surface area contributed by atoms with Crippen molar-refractivity contribution in [1.29, 1.82) is 0 Å². The molecule has 5 rings (SSSR count). The van der Waals surface area contributed by atoms with Gasteiger partial charge in [-0.2, -0.15) is 9.61 Å². The first-order valence-corrected chi connectivity index (χ1v) is 9.44. The molecule has 1 N–H and O–H groups in total. The van der Waals surface area contributed by atoms with E-state index in [0.29, 0.717) is 17.6 Å². The van der Waals surface area contributed by atoms with Gasteiger partial charge in [-0.15, -0.1) is 0 Å². The number of hydrogen-bond donors (Lipinski definition) is 1. The van der Waals surface area contributed by atoms with Crippen LogP contribution >= 0.6 is 11.6 Å². The molecule has 4 aromatic rings. The zero-order valence-electron chi connectivity index (χ0n) is 14.6. The molecular weight excluding hydrogens is 358 g/mol. The van der Waals surface area contributed by atoms with Gasteiger partial charge in [0.15, 0.2) is 5.65 Å². The van der Waals surface area contributed by atoms with Gasteiger partial charge in [-0.25, -0.2) is 4.98 Å². The third-order valence-electron chi connectivity index (χ3n) is 4.87. The number of aromatic nitrogens is 4. The lowest BCUT2D eigenvalue weighted by Crippen LogP contribution is -2.06. The van der Waals surface area contributed by atoms with Gasteiger partial charge in [0.05, 0.1) is 11.9 Å². The predicted molar refractivity (Wildman–Crippen MR) is 107 cm³/mol. The summed E-state index contributed by atoms with van der Waals surface area (Å²) < 4.78 is 1.85. The van der Waals surface area contributed by atoms with Crippen LogP contribution < -0.4 is 5.32 Å². The maximum absolute atomic E-state index is 6.25. The molecule has 3 heterocycles. The summed E-state index contributed by atoms with van der Waals surface area (Å²) in [6.07, 6.45) is 6.15. The molecule has 27 heavy (non-hydrogen) atoms. The van der Waals surface area contributed by atoms with Crippen molar-refractivity contribution < 1.29 is 0 Å². The van der Waals surface area contributed by atoms with Crippen LogP contribution in [-0.4, -0.2) is 19.6 Å². The van der Waals surface area contributed by atoms with Crippen molar-refractivity contribution in [2.45, 2.75) is 25.3 Å². The molecule has 1 saturated carbocycles. The van der Waals surface area contributed by atoms with Crippen LogP contribution in [0.15, 0.2) is 60.9 Å².